The minimum atomic E-state index is -0.0990. The van der Waals surface area contributed by atoms with Crippen molar-refractivity contribution in [3.05, 3.63) is 65.7 Å². The number of nitrogens with one attached hydrogen (secondary N) is 1. The van der Waals surface area contributed by atoms with Gasteiger partial charge in [-0.2, -0.15) is 0 Å². The lowest BCUT2D eigenvalue weighted by molar-refractivity contribution is 0.247. The molecule has 0 bridgehead atoms. The summed E-state index contributed by atoms with van der Waals surface area (Å²) >= 11 is 0. The summed E-state index contributed by atoms with van der Waals surface area (Å²) in [7, 11) is 1.78. The fourth-order valence-corrected chi connectivity index (χ4v) is 1.96. The zero-order valence-corrected chi connectivity index (χ0v) is 12.0. The van der Waals surface area contributed by atoms with Crippen LogP contribution < -0.4 is 10.2 Å². The van der Waals surface area contributed by atoms with Gasteiger partial charge in [0, 0.05) is 19.3 Å². The van der Waals surface area contributed by atoms with E-state index in [0.717, 1.165) is 17.7 Å². The number of carbonyl (C=O) groups is 1. The Morgan fingerprint density at radius 2 is 1.65 bits per heavy atom. The molecule has 20 heavy (non-hydrogen) atoms. The minimum absolute atomic E-state index is 0.0990. The van der Waals surface area contributed by atoms with Crippen molar-refractivity contribution in [1.29, 1.82) is 0 Å². The molecule has 0 saturated heterocycles. The first-order chi connectivity index (χ1) is 9.70. The highest BCUT2D eigenvalue weighted by Gasteiger charge is 2.09. The summed E-state index contributed by atoms with van der Waals surface area (Å²) in [6.07, 6.45) is 1.00. The van der Waals surface area contributed by atoms with Crippen molar-refractivity contribution in [2.75, 3.05) is 11.9 Å². The van der Waals surface area contributed by atoms with Gasteiger partial charge in [-0.15, -0.1) is 0 Å². The number of urea groups is 1. The average molecular weight is 268 g/mol. The van der Waals surface area contributed by atoms with Crippen LogP contribution in [0.1, 0.15) is 18.1 Å². The van der Waals surface area contributed by atoms with Crippen LogP contribution in [0.3, 0.4) is 0 Å². The SMILES string of the molecule is CCc1ccc(N(C)C(=O)NCc2ccccc2)cc1. The number of carbonyl (C=O) groups excluding carboxylic acids is 1. The molecular weight excluding hydrogens is 248 g/mol. The molecule has 2 aromatic rings. The van der Waals surface area contributed by atoms with E-state index in [1.807, 2.05) is 42.5 Å². The Balaban J connectivity index is 1.94. The monoisotopic (exact) mass is 268 g/mol. The number of hydrogen-bond donors (Lipinski definition) is 1. The second kappa shape index (κ2) is 6.75. The lowest BCUT2D eigenvalue weighted by Crippen LogP contribution is -2.36. The Morgan fingerprint density at radius 3 is 2.25 bits per heavy atom. The quantitative estimate of drug-likeness (QED) is 0.903. The van der Waals surface area contributed by atoms with Crippen LogP contribution in [0.25, 0.3) is 0 Å². The molecule has 2 amide bonds. The van der Waals surface area contributed by atoms with Crippen molar-refractivity contribution < 1.29 is 4.79 Å². The van der Waals surface area contributed by atoms with Crippen LogP contribution in [0.4, 0.5) is 10.5 Å². The molecule has 3 nitrogen and oxygen atoms in total. The summed E-state index contributed by atoms with van der Waals surface area (Å²) < 4.78 is 0. The highest BCUT2D eigenvalue weighted by atomic mass is 16.2. The highest BCUT2D eigenvalue weighted by Crippen LogP contribution is 2.14. The summed E-state index contributed by atoms with van der Waals surface area (Å²) in [5, 5.41) is 2.91. The summed E-state index contributed by atoms with van der Waals surface area (Å²) in [6.45, 7) is 2.66. The van der Waals surface area contributed by atoms with E-state index < -0.39 is 0 Å². The Kier molecular flexibility index (Phi) is 4.77. The zero-order valence-electron chi connectivity index (χ0n) is 12.0. The molecule has 0 aromatic heterocycles. The fraction of sp³-hybridized carbons (Fsp3) is 0.235. The molecule has 2 rings (SSSR count). The van der Waals surface area contributed by atoms with Gasteiger partial charge in [0.2, 0.25) is 0 Å². The number of aryl methyl sites for hydroxylation is 1. The Labute approximate surface area is 120 Å². The Morgan fingerprint density at radius 1 is 1.00 bits per heavy atom. The average Bonchev–Trinajstić information content (AvgIpc) is 2.53. The van der Waals surface area contributed by atoms with Crippen molar-refractivity contribution in [2.24, 2.45) is 0 Å². The van der Waals surface area contributed by atoms with E-state index in [-0.39, 0.29) is 6.03 Å². The normalized spacial score (nSPS) is 10.1. The molecule has 0 radical (unpaired) electrons. The smallest absolute Gasteiger partial charge is 0.321 e. The number of benzene rings is 2. The van der Waals surface area contributed by atoms with Gasteiger partial charge in [0.15, 0.2) is 0 Å². The molecule has 0 saturated carbocycles. The lowest BCUT2D eigenvalue weighted by Gasteiger charge is -2.18. The summed E-state index contributed by atoms with van der Waals surface area (Å²) in [5.41, 5.74) is 3.26. The molecular formula is C17H20N2O. The van der Waals surface area contributed by atoms with E-state index in [2.05, 4.69) is 24.4 Å². The van der Waals surface area contributed by atoms with Crippen LogP contribution in [-0.4, -0.2) is 13.1 Å². The first-order valence-electron chi connectivity index (χ1n) is 6.85. The maximum absolute atomic E-state index is 12.1. The molecule has 0 unspecified atom stereocenters. The van der Waals surface area contributed by atoms with Crippen molar-refractivity contribution in [1.82, 2.24) is 5.32 Å². The van der Waals surface area contributed by atoms with Crippen LogP contribution >= 0.6 is 0 Å². The van der Waals surface area contributed by atoms with Gasteiger partial charge in [-0.25, -0.2) is 4.79 Å². The second-order valence-corrected chi connectivity index (χ2v) is 4.72. The van der Waals surface area contributed by atoms with E-state index in [1.165, 1.54) is 5.56 Å². The van der Waals surface area contributed by atoms with Crippen LogP contribution in [0.5, 0.6) is 0 Å². The van der Waals surface area contributed by atoms with Gasteiger partial charge in [-0.3, -0.25) is 4.90 Å². The summed E-state index contributed by atoms with van der Waals surface area (Å²) in [4.78, 5) is 13.7. The third kappa shape index (κ3) is 3.60. The second-order valence-electron chi connectivity index (χ2n) is 4.72. The maximum Gasteiger partial charge on any atom is 0.321 e. The van der Waals surface area contributed by atoms with E-state index in [1.54, 1.807) is 11.9 Å². The van der Waals surface area contributed by atoms with E-state index in [0.29, 0.717) is 6.54 Å². The number of rotatable bonds is 4. The van der Waals surface area contributed by atoms with Crippen LogP contribution in [0.15, 0.2) is 54.6 Å². The van der Waals surface area contributed by atoms with Crippen LogP contribution in [0.2, 0.25) is 0 Å². The predicted molar refractivity (Wildman–Crippen MR) is 82.9 cm³/mol. The van der Waals surface area contributed by atoms with Crippen LogP contribution in [-0.2, 0) is 13.0 Å². The minimum Gasteiger partial charge on any atom is -0.334 e. The molecule has 1 N–H and O–H groups in total. The van der Waals surface area contributed by atoms with Gasteiger partial charge < -0.3 is 5.32 Å². The molecule has 0 atom stereocenters. The molecule has 0 aliphatic carbocycles. The molecule has 3 heteroatoms. The number of anilines is 1. The van der Waals surface area contributed by atoms with Gasteiger partial charge in [0.05, 0.1) is 0 Å². The third-order valence-electron chi connectivity index (χ3n) is 3.32. The molecule has 0 fully saturated rings. The van der Waals surface area contributed by atoms with Crippen molar-refractivity contribution in [3.63, 3.8) is 0 Å². The van der Waals surface area contributed by atoms with E-state index in [9.17, 15) is 4.79 Å². The number of nitrogens with zero attached hydrogens (tertiary/aromatic N) is 1. The maximum atomic E-state index is 12.1. The summed E-state index contributed by atoms with van der Waals surface area (Å²) in [5.74, 6) is 0. The first kappa shape index (κ1) is 14.1. The van der Waals surface area contributed by atoms with E-state index >= 15 is 0 Å². The largest absolute Gasteiger partial charge is 0.334 e. The molecule has 0 heterocycles. The van der Waals surface area contributed by atoms with Crippen molar-refractivity contribution >= 4 is 11.7 Å². The zero-order chi connectivity index (χ0) is 14.4. The van der Waals surface area contributed by atoms with Gasteiger partial charge >= 0.3 is 6.03 Å². The van der Waals surface area contributed by atoms with Gasteiger partial charge in [0.25, 0.3) is 0 Å². The van der Waals surface area contributed by atoms with E-state index in [4.69, 9.17) is 0 Å². The third-order valence-corrected chi connectivity index (χ3v) is 3.32. The number of hydrogen-bond acceptors (Lipinski definition) is 1. The number of amides is 2. The van der Waals surface area contributed by atoms with Crippen molar-refractivity contribution in [2.45, 2.75) is 19.9 Å². The topological polar surface area (TPSA) is 32.3 Å². The molecule has 0 spiro atoms. The lowest BCUT2D eigenvalue weighted by atomic mass is 10.1. The van der Waals surface area contributed by atoms with Crippen LogP contribution in [0, 0.1) is 0 Å². The molecule has 104 valence electrons. The first-order valence-corrected chi connectivity index (χ1v) is 6.85. The van der Waals surface area contributed by atoms with Gasteiger partial charge in [0.1, 0.15) is 0 Å². The van der Waals surface area contributed by atoms with Crippen molar-refractivity contribution in [3.8, 4) is 0 Å². The van der Waals surface area contributed by atoms with Gasteiger partial charge in [-0.05, 0) is 29.7 Å². The molecule has 0 aliphatic rings. The Bertz CT molecular complexity index is 549. The Hall–Kier alpha value is -2.29. The standard InChI is InChI=1S/C17H20N2O/c1-3-14-9-11-16(12-10-14)19(2)17(20)18-13-15-7-5-4-6-8-15/h4-12H,3,13H2,1-2H3,(H,18,20). The fourth-order valence-electron chi connectivity index (χ4n) is 1.96. The van der Waals surface area contributed by atoms with Gasteiger partial charge in [-0.1, -0.05) is 49.4 Å². The predicted octanol–water partition coefficient (Wildman–Crippen LogP) is 3.60. The molecule has 0 aliphatic heterocycles. The molecule has 2 aromatic carbocycles. The highest BCUT2D eigenvalue weighted by molar-refractivity contribution is 5.91. The summed E-state index contributed by atoms with van der Waals surface area (Å²) in [6, 6.07) is 17.8.